The second-order valence-corrected chi connectivity index (χ2v) is 5.26. The van der Waals surface area contributed by atoms with Crippen LogP contribution >= 0.6 is 0 Å². The Kier molecular flexibility index (Phi) is 5.92. The SMILES string of the molecule is CC(C)C[C@H](CN)CC(=O)N(C)Cc1ccco1. The van der Waals surface area contributed by atoms with Crippen LogP contribution in [0.4, 0.5) is 0 Å². The first-order valence-electron chi connectivity index (χ1n) is 6.49. The summed E-state index contributed by atoms with van der Waals surface area (Å²) >= 11 is 0. The average Bonchev–Trinajstić information content (AvgIpc) is 2.80. The first-order valence-corrected chi connectivity index (χ1v) is 6.49. The first-order chi connectivity index (χ1) is 8.52. The number of nitrogens with two attached hydrogens (primary N) is 1. The minimum Gasteiger partial charge on any atom is -0.467 e. The van der Waals surface area contributed by atoms with E-state index in [0.717, 1.165) is 12.2 Å². The monoisotopic (exact) mass is 252 g/mol. The minimum absolute atomic E-state index is 0.127. The number of carbonyl (C=O) groups excluding carboxylic acids is 1. The van der Waals surface area contributed by atoms with Gasteiger partial charge in [0, 0.05) is 13.5 Å². The quantitative estimate of drug-likeness (QED) is 0.809. The van der Waals surface area contributed by atoms with E-state index >= 15 is 0 Å². The smallest absolute Gasteiger partial charge is 0.223 e. The highest BCUT2D eigenvalue weighted by Gasteiger charge is 2.17. The molecule has 0 aliphatic rings. The lowest BCUT2D eigenvalue weighted by atomic mass is 9.94. The second-order valence-electron chi connectivity index (χ2n) is 5.26. The number of amides is 1. The van der Waals surface area contributed by atoms with Gasteiger partial charge in [0.2, 0.25) is 5.91 Å². The zero-order valence-electron chi connectivity index (χ0n) is 11.6. The van der Waals surface area contributed by atoms with Crippen molar-refractivity contribution in [3.63, 3.8) is 0 Å². The van der Waals surface area contributed by atoms with Gasteiger partial charge in [0.05, 0.1) is 12.8 Å². The molecule has 0 saturated carbocycles. The first kappa shape index (κ1) is 14.8. The van der Waals surface area contributed by atoms with E-state index < -0.39 is 0 Å². The predicted octanol–water partition coefficient (Wildman–Crippen LogP) is 2.25. The van der Waals surface area contributed by atoms with Crippen molar-refractivity contribution in [3.05, 3.63) is 24.2 Å². The van der Waals surface area contributed by atoms with E-state index in [0.29, 0.717) is 25.4 Å². The van der Waals surface area contributed by atoms with Gasteiger partial charge in [-0.3, -0.25) is 4.79 Å². The highest BCUT2D eigenvalue weighted by molar-refractivity contribution is 5.76. The van der Waals surface area contributed by atoms with E-state index in [-0.39, 0.29) is 11.8 Å². The van der Waals surface area contributed by atoms with Crippen molar-refractivity contribution < 1.29 is 9.21 Å². The summed E-state index contributed by atoms with van der Waals surface area (Å²) in [7, 11) is 1.80. The van der Waals surface area contributed by atoms with E-state index in [9.17, 15) is 4.79 Å². The summed E-state index contributed by atoms with van der Waals surface area (Å²) in [5.74, 6) is 1.78. The van der Waals surface area contributed by atoms with Gasteiger partial charge >= 0.3 is 0 Å². The Bertz CT molecular complexity index is 347. The lowest BCUT2D eigenvalue weighted by Crippen LogP contribution is -2.30. The van der Waals surface area contributed by atoms with Gasteiger partial charge in [-0.1, -0.05) is 13.8 Å². The molecule has 2 N–H and O–H groups in total. The van der Waals surface area contributed by atoms with Crippen LogP contribution in [-0.2, 0) is 11.3 Å². The fourth-order valence-corrected chi connectivity index (χ4v) is 2.06. The van der Waals surface area contributed by atoms with Crippen molar-refractivity contribution in [2.75, 3.05) is 13.6 Å². The highest BCUT2D eigenvalue weighted by Crippen LogP contribution is 2.16. The molecule has 1 heterocycles. The summed E-state index contributed by atoms with van der Waals surface area (Å²) in [5.41, 5.74) is 5.72. The molecular weight excluding hydrogens is 228 g/mol. The van der Waals surface area contributed by atoms with E-state index in [1.165, 1.54) is 0 Å². The van der Waals surface area contributed by atoms with Crippen molar-refractivity contribution in [1.29, 1.82) is 0 Å². The summed E-state index contributed by atoms with van der Waals surface area (Å²) in [6.45, 7) is 5.39. The zero-order valence-corrected chi connectivity index (χ0v) is 11.6. The molecule has 4 nitrogen and oxygen atoms in total. The minimum atomic E-state index is 0.127. The third-order valence-electron chi connectivity index (χ3n) is 3.00. The van der Waals surface area contributed by atoms with Gasteiger partial charge in [0.15, 0.2) is 0 Å². The van der Waals surface area contributed by atoms with Crippen LogP contribution < -0.4 is 5.73 Å². The van der Waals surface area contributed by atoms with Gasteiger partial charge in [-0.15, -0.1) is 0 Å². The Balaban J connectivity index is 2.43. The van der Waals surface area contributed by atoms with E-state index in [4.69, 9.17) is 10.2 Å². The normalized spacial score (nSPS) is 12.7. The summed E-state index contributed by atoms with van der Waals surface area (Å²) in [4.78, 5) is 13.7. The Hall–Kier alpha value is -1.29. The standard InChI is InChI=1S/C14H24N2O2/c1-11(2)7-12(9-15)8-14(17)16(3)10-13-5-4-6-18-13/h4-6,11-12H,7-10,15H2,1-3H3/t12-/m0/s1. The molecule has 0 bridgehead atoms. The molecule has 0 aromatic carbocycles. The molecule has 1 aromatic heterocycles. The molecule has 18 heavy (non-hydrogen) atoms. The average molecular weight is 252 g/mol. The number of furan rings is 1. The van der Waals surface area contributed by atoms with Gasteiger partial charge < -0.3 is 15.1 Å². The van der Waals surface area contributed by atoms with Crippen LogP contribution in [-0.4, -0.2) is 24.4 Å². The Labute approximate surface area is 109 Å². The third kappa shape index (κ3) is 4.92. The summed E-state index contributed by atoms with van der Waals surface area (Å²) in [5, 5.41) is 0. The van der Waals surface area contributed by atoms with Gasteiger partial charge in [0.25, 0.3) is 0 Å². The second kappa shape index (κ2) is 7.21. The summed E-state index contributed by atoms with van der Waals surface area (Å²) < 4.78 is 5.23. The Morgan fingerprint density at radius 3 is 2.72 bits per heavy atom. The molecule has 0 aliphatic heterocycles. The molecule has 1 aromatic rings. The summed E-state index contributed by atoms with van der Waals surface area (Å²) in [6, 6.07) is 3.70. The lowest BCUT2D eigenvalue weighted by molar-refractivity contribution is -0.131. The van der Waals surface area contributed by atoms with Crippen LogP contribution in [0.1, 0.15) is 32.4 Å². The zero-order chi connectivity index (χ0) is 13.5. The molecule has 0 saturated heterocycles. The van der Waals surface area contributed by atoms with E-state index in [1.807, 2.05) is 12.1 Å². The largest absolute Gasteiger partial charge is 0.467 e. The lowest BCUT2D eigenvalue weighted by Gasteiger charge is -2.21. The van der Waals surface area contributed by atoms with Crippen LogP contribution in [0.2, 0.25) is 0 Å². The van der Waals surface area contributed by atoms with Crippen molar-refractivity contribution in [2.24, 2.45) is 17.6 Å². The molecule has 0 fully saturated rings. The topological polar surface area (TPSA) is 59.5 Å². The van der Waals surface area contributed by atoms with Crippen molar-refractivity contribution >= 4 is 5.91 Å². The van der Waals surface area contributed by atoms with Gasteiger partial charge in [-0.25, -0.2) is 0 Å². The van der Waals surface area contributed by atoms with Crippen LogP contribution in [0.25, 0.3) is 0 Å². The number of carbonyl (C=O) groups is 1. The fourth-order valence-electron chi connectivity index (χ4n) is 2.06. The molecule has 0 aliphatic carbocycles. The maximum atomic E-state index is 12.0. The Morgan fingerprint density at radius 2 is 2.22 bits per heavy atom. The van der Waals surface area contributed by atoms with Crippen LogP contribution in [0, 0.1) is 11.8 Å². The molecule has 1 rings (SSSR count). The molecule has 4 heteroatoms. The Morgan fingerprint density at radius 1 is 1.50 bits per heavy atom. The summed E-state index contributed by atoms with van der Waals surface area (Å²) in [6.07, 6.45) is 3.14. The van der Waals surface area contributed by atoms with Crippen LogP contribution in [0.3, 0.4) is 0 Å². The molecule has 0 unspecified atom stereocenters. The fraction of sp³-hybridized carbons (Fsp3) is 0.643. The van der Waals surface area contributed by atoms with Gasteiger partial charge in [-0.05, 0) is 36.9 Å². The maximum Gasteiger partial charge on any atom is 0.223 e. The predicted molar refractivity (Wildman–Crippen MR) is 71.8 cm³/mol. The van der Waals surface area contributed by atoms with Crippen molar-refractivity contribution in [1.82, 2.24) is 4.90 Å². The van der Waals surface area contributed by atoms with E-state index in [1.54, 1.807) is 18.2 Å². The van der Waals surface area contributed by atoms with Crippen molar-refractivity contribution in [3.8, 4) is 0 Å². The molecule has 102 valence electrons. The highest BCUT2D eigenvalue weighted by atomic mass is 16.3. The molecule has 0 radical (unpaired) electrons. The molecular formula is C14H24N2O2. The number of rotatable bonds is 7. The van der Waals surface area contributed by atoms with Crippen LogP contribution in [0.15, 0.2) is 22.8 Å². The molecule has 1 amide bonds. The molecule has 1 atom stereocenters. The number of hydrogen-bond acceptors (Lipinski definition) is 3. The third-order valence-corrected chi connectivity index (χ3v) is 3.00. The van der Waals surface area contributed by atoms with Crippen molar-refractivity contribution in [2.45, 2.75) is 33.2 Å². The van der Waals surface area contributed by atoms with Crippen LogP contribution in [0.5, 0.6) is 0 Å². The van der Waals surface area contributed by atoms with Gasteiger partial charge in [0.1, 0.15) is 5.76 Å². The maximum absolute atomic E-state index is 12.0. The molecule has 0 spiro atoms. The van der Waals surface area contributed by atoms with Gasteiger partial charge in [-0.2, -0.15) is 0 Å². The number of hydrogen-bond donors (Lipinski definition) is 1. The number of nitrogens with zero attached hydrogens (tertiary/aromatic N) is 1. The van der Waals surface area contributed by atoms with E-state index in [2.05, 4.69) is 13.8 Å².